The number of hydrogen-bond acceptors (Lipinski definition) is 4. The smallest absolute Gasteiger partial charge is 0.226 e. The third-order valence-corrected chi connectivity index (χ3v) is 5.13. The van der Waals surface area contributed by atoms with Gasteiger partial charge in [-0.3, -0.25) is 4.79 Å². The Bertz CT molecular complexity index is 894. The zero-order valence-corrected chi connectivity index (χ0v) is 16.7. The van der Waals surface area contributed by atoms with Crippen molar-refractivity contribution in [1.29, 1.82) is 0 Å². The van der Waals surface area contributed by atoms with Crippen LogP contribution in [0.1, 0.15) is 36.2 Å². The molecule has 1 unspecified atom stereocenters. The standard InChI is InChI=1S/C22H23FN2O2S/c1-15(2)22(16-6-4-3-5-7-16)25-20(26)12-18-14-28-21(24-18)13-27-19-10-8-17(23)9-11-19/h3-11,14-15,22H,12-13H2,1-2H3,(H,25,26). The van der Waals surface area contributed by atoms with Gasteiger partial charge in [0.25, 0.3) is 0 Å². The van der Waals surface area contributed by atoms with E-state index in [1.165, 1.54) is 23.5 Å². The minimum Gasteiger partial charge on any atom is -0.486 e. The maximum atomic E-state index is 12.9. The molecule has 1 aromatic heterocycles. The van der Waals surface area contributed by atoms with E-state index < -0.39 is 0 Å². The van der Waals surface area contributed by atoms with Gasteiger partial charge in [0.2, 0.25) is 5.91 Å². The van der Waals surface area contributed by atoms with Crippen LogP contribution in [0.15, 0.2) is 60.0 Å². The van der Waals surface area contributed by atoms with Gasteiger partial charge in [0, 0.05) is 5.38 Å². The summed E-state index contributed by atoms with van der Waals surface area (Å²) >= 11 is 1.45. The molecule has 146 valence electrons. The van der Waals surface area contributed by atoms with Crippen LogP contribution in [0, 0.1) is 11.7 Å². The van der Waals surface area contributed by atoms with Crippen molar-refractivity contribution in [3.63, 3.8) is 0 Å². The van der Waals surface area contributed by atoms with Crippen molar-refractivity contribution in [2.75, 3.05) is 0 Å². The number of rotatable bonds is 8. The fourth-order valence-corrected chi connectivity index (χ4v) is 3.56. The molecule has 0 aliphatic heterocycles. The quantitative estimate of drug-likeness (QED) is 0.586. The highest BCUT2D eigenvalue weighted by atomic mass is 32.1. The molecule has 2 aromatic carbocycles. The summed E-state index contributed by atoms with van der Waals surface area (Å²) in [7, 11) is 0. The van der Waals surface area contributed by atoms with Gasteiger partial charge in [-0.15, -0.1) is 11.3 Å². The molecule has 1 atom stereocenters. The number of nitrogens with one attached hydrogen (secondary N) is 1. The molecule has 0 bridgehead atoms. The average Bonchev–Trinajstić information content (AvgIpc) is 3.13. The van der Waals surface area contributed by atoms with Gasteiger partial charge >= 0.3 is 0 Å². The molecular weight excluding hydrogens is 375 g/mol. The number of nitrogens with zero attached hydrogens (tertiary/aromatic N) is 1. The molecule has 4 nitrogen and oxygen atoms in total. The highest BCUT2D eigenvalue weighted by Gasteiger charge is 2.19. The third-order valence-electron chi connectivity index (χ3n) is 4.26. The fourth-order valence-electron chi connectivity index (χ4n) is 2.86. The van der Waals surface area contributed by atoms with Crippen LogP contribution >= 0.6 is 11.3 Å². The van der Waals surface area contributed by atoms with E-state index in [1.807, 2.05) is 35.7 Å². The van der Waals surface area contributed by atoms with E-state index in [9.17, 15) is 9.18 Å². The molecule has 0 aliphatic carbocycles. The number of thiazole rings is 1. The first-order valence-corrected chi connectivity index (χ1v) is 10.0. The van der Waals surface area contributed by atoms with Gasteiger partial charge in [0.15, 0.2) is 0 Å². The third kappa shape index (κ3) is 5.63. The van der Waals surface area contributed by atoms with E-state index in [0.717, 1.165) is 16.3 Å². The van der Waals surface area contributed by atoms with Crippen molar-refractivity contribution in [1.82, 2.24) is 10.3 Å². The Morgan fingerprint density at radius 1 is 1.14 bits per heavy atom. The molecule has 6 heteroatoms. The molecule has 1 amide bonds. The summed E-state index contributed by atoms with van der Waals surface area (Å²) in [5.41, 5.74) is 1.81. The first-order valence-electron chi connectivity index (χ1n) is 9.17. The SMILES string of the molecule is CC(C)C(NC(=O)Cc1csc(COc2ccc(F)cc2)n1)c1ccccc1. The van der Waals surface area contributed by atoms with Gasteiger partial charge in [-0.05, 0) is 35.7 Å². The van der Waals surface area contributed by atoms with Crippen LogP contribution in [0.2, 0.25) is 0 Å². The molecule has 0 aliphatic rings. The van der Waals surface area contributed by atoms with Crippen molar-refractivity contribution < 1.29 is 13.9 Å². The maximum Gasteiger partial charge on any atom is 0.226 e. The topological polar surface area (TPSA) is 51.2 Å². The summed E-state index contributed by atoms with van der Waals surface area (Å²) in [5.74, 6) is 0.504. The Hall–Kier alpha value is -2.73. The molecule has 3 aromatic rings. The minimum atomic E-state index is -0.301. The summed E-state index contributed by atoms with van der Waals surface area (Å²) < 4.78 is 18.5. The predicted octanol–water partition coefficient (Wildman–Crippen LogP) is 4.92. The van der Waals surface area contributed by atoms with Crippen LogP contribution < -0.4 is 10.1 Å². The Morgan fingerprint density at radius 2 is 1.86 bits per heavy atom. The number of benzene rings is 2. The number of ether oxygens (including phenoxy) is 1. The first kappa shape index (κ1) is 20.0. The molecule has 0 radical (unpaired) electrons. The zero-order valence-electron chi connectivity index (χ0n) is 15.9. The van der Waals surface area contributed by atoms with Crippen LogP contribution in [-0.2, 0) is 17.8 Å². The van der Waals surface area contributed by atoms with E-state index >= 15 is 0 Å². The number of carbonyl (C=O) groups excluding carboxylic acids is 1. The lowest BCUT2D eigenvalue weighted by molar-refractivity contribution is -0.121. The molecule has 1 N–H and O–H groups in total. The Balaban J connectivity index is 1.55. The summed E-state index contributed by atoms with van der Waals surface area (Å²) in [6, 6.07) is 15.8. The van der Waals surface area contributed by atoms with Crippen molar-refractivity contribution in [2.24, 2.45) is 5.92 Å². The number of hydrogen-bond donors (Lipinski definition) is 1. The van der Waals surface area contributed by atoms with Gasteiger partial charge < -0.3 is 10.1 Å². The molecule has 0 spiro atoms. The normalized spacial score (nSPS) is 12.0. The van der Waals surface area contributed by atoms with E-state index in [-0.39, 0.29) is 36.7 Å². The highest BCUT2D eigenvalue weighted by Crippen LogP contribution is 2.22. The number of amides is 1. The molecule has 28 heavy (non-hydrogen) atoms. The Kier molecular flexibility index (Phi) is 6.76. The van der Waals surface area contributed by atoms with Crippen LogP contribution in [0.5, 0.6) is 5.75 Å². The summed E-state index contributed by atoms with van der Waals surface area (Å²) in [6.45, 7) is 4.47. The number of carbonyl (C=O) groups is 1. The summed E-state index contributed by atoms with van der Waals surface area (Å²) in [5, 5.41) is 5.76. The Labute approximate surface area is 168 Å². The lowest BCUT2D eigenvalue weighted by Crippen LogP contribution is -2.32. The van der Waals surface area contributed by atoms with Gasteiger partial charge in [0.05, 0.1) is 18.2 Å². The van der Waals surface area contributed by atoms with E-state index in [4.69, 9.17) is 4.74 Å². The number of halogens is 1. The van der Waals surface area contributed by atoms with Crippen molar-refractivity contribution in [2.45, 2.75) is 32.9 Å². The molecule has 0 saturated heterocycles. The lowest BCUT2D eigenvalue weighted by atomic mass is 9.96. The molecule has 1 heterocycles. The first-order chi connectivity index (χ1) is 13.5. The van der Waals surface area contributed by atoms with E-state index in [1.54, 1.807) is 12.1 Å². The number of aromatic nitrogens is 1. The van der Waals surface area contributed by atoms with Crippen molar-refractivity contribution in [3.8, 4) is 5.75 Å². The van der Waals surface area contributed by atoms with E-state index in [0.29, 0.717) is 5.75 Å². The Morgan fingerprint density at radius 3 is 2.54 bits per heavy atom. The van der Waals surface area contributed by atoms with Gasteiger partial charge in [0.1, 0.15) is 23.2 Å². The maximum absolute atomic E-state index is 12.9. The van der Waals surface area contributed by atoms with Crippen LogP contribution in [0.25, 0.3) is 0 Å². The largest absolute Gasteiger partial charge is 0.486 e. The molecule has 3 rings (SSSR count). The van der Waals surface area contributed by atoms with Gasteiger partial charge in [-0.1, -0.05) is 44.2 Å². The second-order valence-electron chi connectivity index (χ2n) is 6.85. The monoisotopic (exact) mass is 398 g/mol. The second kappa shape index (κ2) is 9.46. The van der Waals surface area contributed by atoms with Crippen LogP contribution in [0.3, 0.4) is 0 Å². The molecular formula is C22H23FN2O2S. The average molecular weight is 399 g/mol. The van der Waals surface area contributed by atoms with E-state index in [2.05, 4.69) is 24.1 Å². The summed E-state index contributed by atoms with van der Waals surface area (Å²) in [6.07, 6.45) is 0.225. The zero-order chi connectivity index (χ0) is 19.9. The lowest BCUT2D eigenvalue weighted by Gasteiger charge is -2.22. The summed E-state index contributed by atoms with van der Waals surface area (Å²) in [4.78, 5) is 17.0. The minimum absolute atomic E-state index is 0.0337. The fraction of sp³-hybridized carbons (Fsp3) is 0.273. The predicted molar refractivity (Wildman–Crippen MR) is 109 cm³/mol. The molecule has 0 fully saturated rings. The van der Waals surface area contributed by atoms with Gasteiger partial charge in [-0.2, -0.15) is 0 Å². The highest BCUT2D eigenvalue weighted by molar-refractivity contribution is 7.09. The second-order valence-corrected chi connectivity index (χ2v) is 7.79. The van der Waals surface area contributed by atoms with Crippen LogP contribution in [0.4, 0.5) is 4.39 Å². The van der Waals surface area contributed by atoms with Crippen LogP contribution in [-0.4, -0.2) is 10.9 Å². The van der Waals surface area contributed by atoms with Crippen molar-refractivity contribution >= 4 is 17.2 Å². The molecule has 0 saturated carbocycles. The van der Waals surface area contributed by atoms with Crippen molar-refractivity contribution in [3.05, 3.63) is 82.1 Å². The van der Waals surface area contributed by atoms with Gasteiger partial charge in [-0.25, -0.2) is 9.37 Å².